The summed E-state index contributed by atoms with van der Waals surface area (Å²) in [4.78, 5) is 14.6. The maximum atomic E-state index is 4.93. The SMILES string of the molecule is C1=CN2CCCCCN3C=CC(=NCCCCCN=C1c1ccccc12)c1ccccc13. The zero-order valence-electron chi connectivity index (χ0n) is 18.8. The zero-order chi connectivity index (χ0) is 21.6. The average molecular weight is 425 g/mol. The van der Waals surface area contributed by atoms with Crippen molar-refractivity contribution in [1.82, 2.24) is 0 Å². The number of benzene rings is 2. The summed E-state index contributed by atoms with van der Waals surface area (Å²) in [6.07, 6.45) is 15.8. The Labute approximate surface area is 191 Å². The van der Waals surface area contributed by atoms with Gasteiger partial charge in [0, 0.05) is 49.7 Å². The van der Waals surface area contributed by atoms with Crippen molar-refractivity contribution in [3.63, 3.8) is 0 Å². The number of hydrogen-bond acceptors (Lipinski definition) is 4. The molecule has 4 bridgehead atoms. The van der Waals surface area contributed by atoms with Crippen LogP contribution in [0.1, 0.15) is 49.7 Å². The third kappa shape index (κ3) is 4.55. The summed E-state index contributed by atoms with van der Waals surface area (Å²) in [5.74, 6) is 0. The van der Waals surface area contributed by atoms with Gasteiger partial charge < -0.3 is 9.80 Å². The van der Waals surface area contributed by atoms with Crippen molar-refractivity contribution in [3.05, 3.63) is 84.2 Å². The van der Waals surface area contributed by atoms with E-state index in [1.165, 1.54) is 41.8 Å². The third-order valence-corrected chi connectivity index (χ3v) is 6.48. The maximum Gasteiger partial charge on any atom is 0.0682 e. The van der Waals surface area contributed by atoms with Crippen molar-refractivity contribution in [3.8, 4) is 0 Å². The highest BCUT2D eigenvalue weighted by atomic mass is 15.1. The summed E-state index contributed by atoms with van der Waals surface area (Å²) in [7, 11) is 0. The lowest BCUT2D eigenvalue weighted by Crippen LogP contribution is -2.25. The van der Waals surface area contributed by atoms with Crippen LogP contribution >= 0.6 is 0 Å². The van der Waals surface area contributed by atoms with Gasteiger partial charge in [-0.25, -0.2) is 0 Å². The van der Waals surface area contributed by atoms with Crippen LogP contribution in [0.5, 0.6) is 0 Å². The number of nitrogens with zero attached hydrogens (tertiary/aromatic N) is 4. The van der Waals surface area contributed by atoms with Gasteiger partial charge in [0.25, 0.3) is 0 Å². The van der Waals surface area contributed by atoms with E-state index < -0.39 is 0 Å². The molecule has 0 aromatic heterocycles. The van der Waals surface area contributed by atoms with E-state index in [4.69, 9.17) is 9.98 Å². The Hall–Kier alpha value is -3.14. The van der Waals surface area contributed by atoms with Crippen LogP contribution in [0.15, 0.2) is 83.1 Å². The molecular formula is C28H32N4. The van der Waals surface area contributed by atoms with E-state index in [9.17, 15) is 0 Å². The molecule has 0 unspecified atom stereocenters. The first kappa shape index (κ1) is 20.7. The lowest BCUT2D eigenvalue weighted by atomic mass is 10.0. The Kier molecular flexibility index (Phi) is 6.48. The lowest BCUT2D eigenvalue weighted by Gasteiger charge is -2.28. The molecular weight excluding hydrogens is 392 g/mol. The molecule has 4 heteroatoms. The summed E-state index contributed by atoms with van der Waals surface area (Å²) in [6.45, 7) is 3.85. The molecule has 0 aliphatic carbocycles. The normalized spacial score (nSPS) is 19.2. The predicted molar refractivity (Wildman–Crippen MR) is 136 cm³/mol. The van der Waals surface area contributed by atoms with E-state index >= 15 is 0 Å². The van der Waals surface area contributed by atoms with E-state index in [1.54, 1.807) is 0 Å². The second kappa shape index (κ2) is 9.99. The van der Waals surface area contributed by atoms with Crippen LogP contribution < -0.4 is 9.80 Å². The molecule has 4 nitrogen and oxygen atoms in total. The van der Waals surface area contributed by atoms with Crippen LogP contribution in [0, 0.1) is 0 Å². The highest BCUT2D eigenvalue weighted by Crippen LogP contribution is 2.28. The first-order valence-corrected chi connectivity index (χ1v) is 12.1. The molecule has 0 radical (unpaired) electrons. The van der Waals surface area contributed by atoms with E-state index in [2.05, 4.69) is 82.9 Å². The van der Waals surface area contributed by atoms with E-state index in [1.807, 2.05) is 0 Å². The molecule has 2 aromatic carbocycles. The minimum atomic E-state index is 0.877. The minimum absolute atomic E-state index is 0.877. The second-order valence-corrected chi connectivity index (χ2v) is 8.71. The van der Waals surface area contributed by atoms with Crippen LogP contribution in [0.25, 0.3) is 0 Å². The monoisotopic (exact) mass is 424 g/mol. The molecule has 6 rings (SSSR count). The van der Waals surface area contributed by atoms with Crippen molar-refractivity contribution in [2.45, 2.75) is 38.5 Å². The Bertz CT molecular complexity index is 979. The number of anilines is 2. The highest BCUT2D eigenvalue weighted by molar-refractivity contribution is 6.14. The topological polar surface area (TPSA) is 31.2 Å². The Balaban J connectivity index is 1.34. The van der Waals surface area contributed by atoms with Gasteiger partial charge in [0.1, 0.15) is 0 Å². The van der Waals surface area contributed by atoms with Crippen molar-refractivity contribution < 1.29 is 0 Å². The van der Waals surface area contributed by atoms with Crippen LogP contribution in [-0.4, -0.2) is 37.6 Å². The van der Waals surface area contributed by atoms with Gasteiger partial charge in [0.05, 0.1) is 22.8 Å². The molecule has 0 spiro atoms. The standard InChI is InChI=1S/C28H32N4/c1-7-17-29-25-15-21-31(27-13-5-3-11-23(25)27)19-9-2-10-20-32-22-16-26(30-18-8-1)24-12-4-6-14-28(24)32/h3-6,11-16,21-22H,1-2,7-10,17-20H2. The molecule has 164 valence electrons. The van der Waals surface area contributed by atoms with Gasteiger partial charge in [-0.05, 0) is 62.8 Å². The number of para-hydroxylation sites is 2. The Morgan fingerprint density at radius 1 is 0.531 bits per heavy atom. The fourth-order valence-electron chi connectivity index (χ4n) is 4.75. The van der Waals surface area contributed by atoms with Gasteiger partial charge in [-0.3, -0.25) is 9.98 Å². The molecule has 0 saturated heterocycles. The molecule has 0 atom stereocenters. The van der Waals surface area contributed by atoms with Crippen LogP contribution in [0.4, 0.5) is 11.4 Å². The Morgan fingerprint density at radius 2 is 1.00 bits per heavy atom. The van der Waals surface area contributed by atoms with E-state index in [0.717, 1.165) is 56.9 Å². The van der Waals surface area contributed by atoms with Gasteiger partial charge in [-0.1, -0.05) is 36.4 Å². The molecule has 0 fully saturated rings. The summed E-state index contributed by atoms with van der Waals surface area (Å²) in [5, 5.41) is 0. The van der Waals surface area contributed by atoms with E-state index in [0.29, 0.717) is 0 Å². The highest BCUT2D eigenvalue weighted by Gasteiger charge is 2.18. The Morgan fingerprint density at radius 3 is 1.53 bits per heavy atom. The molecule has 32 heavy (non-hydrogen) atoms. The number of fused-ring (bicyclic) bond motifs is 11. The quantitative estimate of drug-likeness (QED) is 0.520. The third-order valence-electron chi connectivity index (χ3n) is 6.48. The van der Waals surface area contributed by atoms with Gasteiger partial charge in [0.2, 0.25) is 0 Å². The van der Waals surface area contributed by atoms with Crippen LogP contribution in [0.2, 0.25) is 0 Å². The van der Waals surface area contributed by atoms with Crippen molar-refractivity contribution in [2.24, 2.45) is 9.98 Å². The number of aliphatic imine (C=N–C) groups is 2. The molecule has 0 amide bonds. The van der Waals surface area contributed by atoms with Crippen molar-refractivity contribution in [1.29, 1.82) is 0 Å². The average Bonchev–Trinajstić information content (AvgIpc) is 2.84. The van der Waals surface area contributed by atoms with Crippen LogP contribution in [0.3, 0.4) is 0 Å². The molecule has 0 N–H and O–H groups in total. The molecule has 4 aliphatic heterocycles. The minimum Gasteiger partial charge on any atom is -0.347 e. The maximum absolute atomic E-state index is 4.93. The summed E-state index contributed by atoms with van der Waals surface area (Å²) < 4.78 is 0. The molecule has 2 aromatic rings. The number of hydrogen-bond donors (Lipinski definition) is 0. The smallest absolute Gasteiger partial charge is 0.0682 e. The first-order valence-electron chi connectivity index (χ1n) is 12.1. The zero-order valence-corrected chi connectivity index (χ0v) is 18.8. The van der Waals surface area contributed by atoms with Crippen molar-refractivity contribution in [2.75, 3.05) is 36.0 Å². The lowest BCUT2D eigenvalue weighted by molar-refractivity contribution is 0.676. The molecule has 0 saturated carbocycles. The van der Waals surface area contributed by atoms with Crippen LogP contribution in [-0.2, 0) is 0 Å². The number of allylic oxidation sites excluding steroid dienone is 2. The fraction of sp³-hybridized carbons (Fsp3) is 0.357. The fourth-order valence-corrected chi connectivity index (χ4v) is 4.75. The molecule has 4 heterocycles. The van der Waals surface area contributed by atoms with Gasteiger partial charge in [-0.15, -0.1) is 0 Å². The first-order chi connectivity index (χ1) is 15.9. The number of rotatable bonds is 0. The second-order valence-electron chi connectivity index (χ2n) is 8.71. The van der Waals surface area contributed by atoms with E-state index in [-0.39, 0.29) is 0 Å². The summed E-state index contributed by atoms with van der Waals surface area (Å²) >= 11 is 0. The predicted octanol–water partition coefficient (Wildman–Crippen LogP) is 5.99. The van der Waals surface area contributed by atoms with Gasteiger partial charge in [0.15, 0.2) is 0 Å². The van der Waals surface area contributed by atoms with Gasteiger partial charge >= 0.3 is 0 Å². The summed E-state index contributed by atoms with van der Waals surface area (Å²) in [6, 6.07) is 17.4. The van der Waals surface area contributed by atoms with Crippen molar-refractivity contribution >= 4 is 22.8 Å². The summed E-state index contributed by atoms with van der Waals surface area (Å²) in [5.41, 5.74) is 7.36. The molecule has 4 aliphatic rings. The largest absolute Gasteiger partial charge is 0.347 e. The van der Waals surface area contributed by atoms with Gasteiger partial charge in [-0.2, -0.15) is 0 Å².